The highest BCUT2D eigenvalue weighted by Crippen LogP contribution is 2.59. The monoisotopic (exact) mass is 318 g/mol. The van der Waals surface area contributed by atoms with Gasteiger partial charge in [-0.25, -0.2) is 4.79 Å². The van der Waals surface area contributed by atoms with Gasteiger partial charge in [-0.1, -0.05) is 32.9 Å². The number of esters is 1. The van der Waals surface area contributed by atoms with Crippen LogP contribution in [0.2, 0.25) is 0 Å². The molecule has 23 heavy (non-hydrogen) atoms. The maximum Gasteiger partial charge on any atom is 0.337 e. The van der Waals surface area contributed by atoms with Gasteiger partial charge in [-0.2, -0.15) is 0 Å². The molecule has 1 heterocycles. The molecule has 0 bridgehead atoms. The Labute approximate surface area is 138 Å². The lowest BCUT2D eigenvalue weighted by Gasteiger charge is -2.42. The fraction of sp³-hybridized carbons (Fsp3) is 0.632. The fourth-order valence-corrected chi connectivity index (χ4v) is 4.16. The van der Waals surface area contributed by atoms with Crippen molar-refractivity contribution >= 4 is 5.97 Å². The van der Waals surface area contributed by atoms with Crippen molar-refractivity contribution in [3.63, 3.8) is 0 Å². The van der Waals surface area contributed by atoms with Crippen LogP contribution >= 0.6 is 0 Å². The standard InChI is InChI=1S/C19H26O4/c1-17(2)15-14(22-18(3,4)23-15)11-19(17,5)13-9-7-12(8-10-13)16(20)21-6/h7-10,14-15H,11H2,1-6H3/t14-,15-,19-/m0/s1. The number of carbonyl (C=O) groups excluding carboxylic acids is 1. The van der Waals surface area contributed by atoms with E-state index in [1.54, 1.807) is 0 Å². The Hall–Kier alpha value is -1.39. The first-order chi connectivity index (χ1) is 10.6. The summed E-state index contributed by atoms with van der Waals surface area (Å²) < 4.78 is 17.1. The van der Waals surface area contributed by atoms with E-state index in [9.17, 15) is 4.79 Å². The first kappa shape index (κ1) is 16.5. The van der Waals surface area contributed by atoms with E-state index in [1.165, 1.54) is 12.7 Å². The van der Waals surface area contributed by atoms with Gasteiger partial charge in [0.25, 0.3) is 0 Å². The smallest absolute Gasteiger partial charge is 0.337 e. The Morgan fingerprint density at radius 3 is 2.22 bits per heavy atom. The summed E-state index contributed by atoms with van der Waals surface area (Å²) in [5.41, 5.74) is 1.63. The van der Waals surface area contributed by atoms with Crippen LogP contribution in [-0.2, 0) is 19.6 Å². The molecule has 0 unspecified atom stereocenters. The molecule has 1 aromatic carbocycles. The maximum absolute atomic E-state index is 11.6. The third-order valence-electron chi connectivity index (χ3n) is 5.87. The molecule has 0 amide bonds. The van der Waals surface area contributed by atoms with Crippen LogP contribution in [0.25, 0.3) is 0 Å². The molecule has 126 valence electrons. The van der Waals surface area contributed by atoms with E-state index in [4.69, 9.17) is 14.2 Å². The molecule has 0 aromatic heterocycles. The molecule has 1 aliphatic carbocycles. The van der Waals surface area contributed by atoms with E-state index in [1.807, 2.05) is 38.1 Å². The van der Waals surface area contributed by atoms with Gasteiger partial charge in [0.15, 0.2) is 5.79 Å². The molecule has 1 aliphatic heterocycles. The van der Waals surface area contributed by atoms with E-state index in [2.05, 4.69) is 20.8 Å². The summed E-state index contributed by atoms with van der Waals surface area (Å²) in [5.74, 6) is -0.819. The predicted octanol–water partition coefficient (Wildman–Crippen LogP) is 3.68. The number of methoxy groups -OCH3 is 1. The van der Waals surface area contributed by atoms with Gasteiger partial charge in [0, 0.05) is 10.8 Å². The number of fused-ring (bicyclic) bond motifs is 1. The van der Waals surface area contributed by atoms with Gasteiger partial charge in [-0.3, -0.25) is 0 Å². The van der Waals surface area contributed by atoms with Crippen LogP contribution in [0, 0.1) is 5.41 Å². The number of rotatable bonds is 2. The molecular weight excluding hydrogens is 292 g/mol. The molecule has 4 heteroatoms. The second-order valence-corrected chi connectivity index (χ2v) is 7.92. The summed E-state index contributed by atoms with van der Waals surface area (Å²) in [7, 11) is 1.40. The maximum atomic E-state index is 11.6. The summed E-state index contributed by atoms with van der Waals surface area (Å²) in [5, 5.41) is 0. The average Bonchev–Trinajstić information content (AvgIpc) is 2.89. The lowest BCUT2D eigenvalue weighted by Crippen LogP contribution is -2.42. The quantitative estimate of drug-likeness (QED) is 0.780. The Balaban J connectivity index is 1.92. The Morgan fingerprint density at radius 2 is 1.70 bits per heavy atom. The second-order valence-electron chi connectivity index (χ2n) is 7.92. The zero-order chi connectivity index (χ0) is 17.0. The van der Waals surface area contributed by atoms with E-state index in [0.29, 0.717) is 5.56 Å². The molecule has 1 aromatic rings. The topological polar surface area (TPSA) is 44.8 Å². The molecular formula is C19H26O4. The van der Waals surface area contributed by atoms with Crippen LogP contribution in [0.3, 0.4) is 0 Å². The molecule has 0 radical (unpaired) electrons. The summed E-state index contributed by atoms with van der Waals surface area (Å²) in [4.78, 5) is 11.6. The lowest BCUT2D eigenvalue weighted by atomic mass is 9.64. The minimum atomic E-state index is -0.511. The van der Waals surface area contributed by atoms with Gasteiger partial charge in [-0.15, -0.1) is 0 Å². The summed E-state index contributed by atoms with van der Waals surface area (Å²) >= 11 is 0. The Bertz CT molecular complexity index is 617. The molecule has 1 saturated carbocycles. The van der Waals surface area contributed by atoms with E-state index in [0.717, 1.165) is 6.42 Å². The van der Waals surface area contributed by atoms with Gasteiger partial charge in [0.05, 0.1) is 24.9 Å². The highest BCUT2D eigenvalue weighted by atomic mass is 16.8. The third-order valence-corrected chi connectivity index (χ3v) is 5.87. The van der Waals surface area contributed by atoms with E-state index >= 15 is 0 Å². The first-order valence-electron chi connectivity index (χ1n) is 8.15. The molecule has 0 N–H and O–H groups in total. The highest BCUT2D eigenvalue weighted by molar-refractivity contribution is 5.89. The average molecular weight is 318 g/mol. The van der Waals surface area contributed by atoms with Crippen molar-refractivity contribution in [2.45, 2.75) is 64.4 Å². The molecule has 2 fully saturated rings. The summed E-state index contributed by atoms with van der Waals surface area (Å²) in [6.07, 6.45) is 1.08. The third kappa shape index (κ3) is 2.39. The van der Waals surface area contributed by atoms with Gasteiger partial charge in [-0.05, 0) is 38.0 Å². The number of ether oxygens (including phenoxy) is 3. The molecule has 3 rings (SSSR count). The van der Waals surface area contributed by atoms with Crippen molar-refractivity contribution in [2.75, 3.05) is 7.11 Å². The minimum Gasteiger partial charge on any atom is -0.465 e. The second kappa shape index (κ2) is 5.05. The first-order valence-corrected chi connectivity index (χ1v) is 8.15. The number of hydrogen-bond acceptors (Lipinski definition) is 4. The van der Waals surface area contributed by atoms with Gasteiger partial charge >= 0.3 is 5.97 Å². The molecule has 3 atom stereocenters. The van der Waals surface area contributed by atoms with Crippen LogP contribution in [-0.4, -0.2) is 31.1 Å². The highest BCUT2D eigenvalue weighted by Gasteiger charge is 2.63. The Kier molecular flexibility index (Phi) is 3.62. The zero-order valence-electron chi connectivity index (χ0n) is 14.8. The van der Waals surface area contributed by atoms with Gasteiger partial charge < -0.3 is 14.2 Å². The van der Waals surface area contributed by atoms with Crippen molar-refractivity contribution in [3.8, 4) is 0 Å². The normalized spacial score (nSPS) is 34.2. The number of carbonyl (C=O) groups is 1. The van der Waals surface area contributed by atoms with E-state index < -0.39 is 5.79 Å². The van der Waals surface area contributed by atoms with Crippen molar-refractivity contribution in [1.29, 1.82) is 0 Å². The van der Waals surface area contributed by atoms with Crippen LogP contribution in [0.5, 0.6) is 0 Å². The van der Waals surface area contributed by atoms with Crippen molar-refractivity contribution in [2.24, 2.45) is 5.41 Å². The Morgan fingerprint density at radius 1 is 1.09 bits per heavy atom. The van der Waals surface area contributed by atoms with Gasteiger partial charge in [0.1, 0.15) is 0 Å². The van der Waals surface area contributed by atoms with Crippen molar-refractivity contribution in [3.05, 3.63) is 35.4 Å². The minimum absolute atomic E-state index is 0.0712. The predicted molar refractivity (Wildman–Crippen MR) is 87.4 cm³/mol. The molecule has 1 saturated heterocycles. The molecule has 0 spiro atoms. The van der Waals surface area contributed by atoms with Crippen LogP contribution < -0.4 is 0 Å². The van der Waals surface area contributed by atoms with Crippen LogP contribution in [0.15, 0.2) is 24.3 Å². The largest absolute Gasteiger partial charge is 0.465 e. The zero-order valence-corrected chi connectivity index (χ0v) is 14.8. The van der Waals surface area contributed by atoms with Crippen molar-refractivity contribution in [1.82, 2.24) is 0 Å². The van der Waals surface area contributed by atoms with E-state index in [-0.39, 0.29) is 29.0 Å². The molecule has 2 aliphatic rings. The number of benzene rings is 1. The SMILES string of the molecule is COC(=O)c1ccc([C@]2(C)C[C@@H]3OC(C)(C)O[C@@H]3C2(C)C)cc1. The van der Waals surface area contributed by atoms with Crippen LogP contribution in [0.1, 0.15) is 57.0 Å². The van der Waals surface area contributed by atoms with Gasteiger partial charge in [0.2, 0.25) is 0 Å². The summed E-state index contributed by atoms with van der Waals surface area (Å²) in [6, 6.07) is 7.73. The lowest BCUT2D eigenvalue weighted by molar-refractivity contribution is -0.170. The summed E-state index contributed by atoms with van der Waals surface area (Å²) in [6.45, 7) is 10.7. The number of hydrogen-bond donors (Lipinski definition) is 0. The van der Waals surface area contributed by atoms with Crippen LogP contribution in [0.4, 0.5) is 0 Å². The van der Waals surface area contributed by atoms with Crippen molar-refractivity contribution < 1.29 is 19.0 Å². The molecule has 4 nitrogen and oxygen atoms in total. The fourth-order valence-electron chi connectivity index (χ4n) is 4.16.